The minimum atomic E-state index is -0.851. The van der Waals surface area contributed by atoms with E-state index in [-0.39, 0.29) is 6.54 Å². The average molecular weight is 249 g/mol. The van der Waals surface area contributed by atoms with Crippen molar-refractivity contribution in [2.75, 3.05) is 12.5 Å². The van der Waals surface area contributed by atoms with E-state index in [0.29, 0.717) is 11.4 Å². The van der Waals surface area contributed by atoms with Crippen molar-refractivity contribution in [3.63, 3.8) is 0 Å². The number of hydrogen-bond acceptors (Lipinski definition) is 6. The monoisotopic (exact) mass is 249 g/mol. The van der Waals surface area contributed by atoms with Crippen molar-refractivity contribution >= 4 is 23.5 Å². The highest BCUT2D eigenvalue weighted by atomic mass is 16.2. The van der Waals surface area contributed by atoms with E-state index in [0.717, 1.165) is 9.80 Å². The van der Waals surface area contributed by atoms with Gasteiger partial charge in [-0.05, 0) is 12.1 Å². The van der Waals surface area contributed by atoms with Gasteiger partial charge in [0.15, 0.2) is 0 Å². The van der Waals surface area contributed by atoms with E-state index >= 15 is 0 Å². The van der Waals surface area contributed by atoms with E-state index in [2.05, 4.69) is 10.4 Å². The molecule has 0 atom stereocenters. The van der Waals surface area contributed by atoms with Gasteiger partial charge in [0.25, 0.3) is 0 Å². The molecule has 0 aromatic carbocycles. The molecule has 8 nitrogen and oxygen atoms in total. The van der Waals surface area contributed by atoms with Crippen molar-refractivity contribution < 1.29 is 14.4 Å². The lowest BCUT2D eigenvalue weighted by Gasteiger charge is -2.12. The van der Waals surface area contributed by atoms with Gasteiger partial charge in [0.2, 0.25) is 0 Å². The van der Waals surface area contributed by atoms with Crippen LogP contribution < -0.4 is 11.3 Å². The number of imide groups is 2. The normalized spacial score (nSPS) is 15.6. The summed E-state index contributed by atoms with van der Waals surface area (Å²) in [6.07, 6.45) is 1.49. The van der Waals surface area contributed by atoms with Crippen molar-refractivity contribution in [1.82, 2.24) is 14.8 Å². The maximum absolute atomic E-state index is 11.6. The maximum atomic E-state index is 11.6. The number of anilines is 1. The molecule has 0 saturated carbocycles. The van der Waals surface area contributed by atoms with Gasteiger partial charge in [-0.1, -0.05) is 0 Å². The summed E-state index contributed by atoms with van der Waals surface area (Å²) in [5, 5.41) is 0. The van der Waals surface area contributed by atoms with Crippen molar-refractivity contribution in [3.8, 4) is 0 Å². The highest BCUT2D eigenvalue weighted by molar-refractivity contribution is 6.44. The fourth-order valence-electron chi connectivity index (χ4n) is 1.57. The second kappa shape index (κ2) is 4.41. The quantitative estimate of drug-likeness (QED) is 0.317. The molecule has 1 aromatic heterocycles. The number of nitrogen functional groups attached to an aromatic ring is 1. The van der Waals surface area contributed by atoms with Gasteiger partial charge in [0, 0.05) is 13.2 Å². The number of amides is 4. The molecule has 2 rings (SSSR count). The third kappa shape index (κ3) is 1.89. The van der Waals surface area contributed by atoms with Crippen molar-refractivity contribution in [1.29, 1.82) is 0 Å². The van der Waals surface area contributed by atoms with Crippen molar-refractivity contribution in [2.24, 2.45) is 5.84 Å². The Morgan fingerprint density at radius 1 is 1.33 bits per heavy atom. The third-order valence-corrected chi connectivity index (χ3v) is 2.55. The van der Waals surface area contributed by atoms with Crippen LogP contribution in [0.3, 0.4) is 0 Å². The Labute approximate surface area is 102 Å². The molecule has 4 amide bonds. The van der Waals surface area contributed by atoms with Crippen LogP contribution in [0.2, 0.25) is 0 Å². The smallest absolute Gasteiger partial charge is 0.324 e. The fourth-order valence-corrected chi connectivity index (χ4v) is 1.57. The number of hydrazine groups is 1. The van der Waals surface area contributed by atoms with E-state index in [9.17, 15) is 14.4 Å². The molecule has 0 spiro atoms. The predicted molar refractivity (Wildman–Crippen MR) is 60.8 cm³/mol. The highest BCUT2D eigenvalue weighted by Crippen LogP contribution is 2.14. The average Bonchev–Trinajstić information content (AvgIpc) is 2.57. The van der Waals surface area contributed by atoms with Gasteiger partial charge in [-0.2, -0.15) is 0 Å². The standard InChI is InChI=1S/C10H11N5O3/c1-14-8(16)9(17)15(10(14)18)5-7-4-6(13-11)2-3-12-7/h2-4H,5,11H2,1H3,(H,12,13). The summed E-state index contributed by atoms with van der Waals surface area (Å²) in [6, 6.07) is 2.57. The molecule has 0 radical (unpaired) electrons. The van der Waals surface area contributed by atoms with Crippen LogP contribution in [0.25, 0.3) is 0 Å². The predicted octanol–water partition coefficient (Wildman–Crippen LogP) is -0.712. The lowest BCUT2D eigenvalue weighted by Crippen LogP contribution is -2.31. The van der Waals surface area contributed by atoms with Crippen molar-refractivity contribution in [3.05, 3.63) is 24.0 Å². The maximum Gasteiger partial charge on any atom is 0.334 e. The highest BCUT2D eigenvalue weighted by Gasteiger charge is 2.42. The second-order valence-corrected chi connectivity index (χ2v) is 3.72. The summed E-state index contributed by atoms with van der Waals surface area (Å²) in [4.78, 5) is 40.1. The number of likely N-dealkylation sites (N-methyl/N-ethyl adjacent to an activating group) is 1. The summed E-state index contributed by atoms with van der Waals surface area (Å²) in [5.74, 6) is 3.55. The van der Waals surface area contributed by atoms with Gasteiger partial charge in [0.05, 0.1) is 17.9 Å². The van der Waals surface area contributed by atoms with Crippen LogP contribution in [-0.2, 0) is 16.1 Å². The Morgan fingerprint density at radius 3 is 2.61 bits per heavy atom. The zero-order valence-corrected chi connectivity index (χ0v) is 9.58. The summed E-state index contributed by atoms with van der Waals surface area (Å²) >= 11 is 0. The summed E-state index contributed by atoms with van der Waals surface area (Å²) in [7, 11) is 1.26. The first-order chi connectivity index (χ1) is 8.54. The Morgan fingerprint density at radius 2 is 2.06 bits per heavy atom. The Bertz CT molecular complexity index is 530. The molecule has 18 heavy (non-hydrogen) atoms. The topological polar surface area (TPSA) is 109 Å². The first-order valence-electron chi connectivity index (χ1n) is 5.09. The number of carbonyl (C=O) groups is 3. The number of urea groups is 1. The molecular formula is C10H11N5O3. The molecular weight excluding hydrogens is 238 g/mol. The van der Waals surface area contributed by atoms with Crippen LogP contribution >= 0.6 is 0 Å². The van der Waals surface area contributed by atoms with Gasteiger partial charge < -0.3 is 5.43 Å². The van der Waals surface area contributed by atoms with Gasteiger partial charge in [-0.15, -0.1) is 0 Å². The number of aromatic nitrogens is 1. The number of nitrogens with one attached hydrogen (secondary N) is 1. The molecule has 3 N–H and O–H groups in total. The van der Waals surface area contributed by atoms with Gasteiger partial charge in [-0.25, -0.2) is 9.69 Å². The number of nitrogens with two attached hydrogens (primary N) is 1. The lowest BCUT2D eigenvalue weighted by atomic mass is 10.3. The molecule has 2 heterocycles. The Hall–Kier alpha value is -2.48. The number of nitrogens with zero attached hydrogens (tertiary/aromatic N) is 3. The molecule has 1 aliphatic heterocycles. The molecule has 0 bridgehead atoms. The van der Waals surface area contributed by atoms with E-state index in [1.165, 1.54) is 13.2 Å². The Balaban J connectivity index is 2.21. The number of hydrogen-bond donors (Lipinski definition) is 2. The van der Waals surface area contributed by atoms with E-state index in [1.54, 1.807) is 12.1 Å². The number of pyridine rings is 1. The lowest BCUT2D eigenvalue weighted by molar-refractivity contribution is -0.143. The van der Waals surface area contributed by atoms with E-state index < -0.39 is 17.8 Å². The van der Waals surface area contributed by atoms with Crippen LogP contribution in [-0.4, -0.2) is 39.7 Å². The first kappa shape index (κ1) is 12.0. The Kier molecular flexibility index (Phi) is 2.94. The van der Waals surface area contributed by atoms with Crippen molar-refractivity contribution in [2.45, 2.75) is 6.54 Å². The zero-order chi connectivity index (χ0) is 13.3. The van der Waals surface area contributed by atoms with E-state index in [4.69, 9.17) is 5.84 Å². The zero-order valence-electron chi connectivity index (χ0n) is 9.58. The largest absolute Gasteiger partial charge is 0.334 e. The second-order valence-electron chi connectivity index (χ2n) is 3.72. The SMILES string of the molecule is CN1C(=O)C(=O)N(Cc2cc(NN)ccn2)C1=O. The molecule has 8 heteroatoms. The summed E-state index contributed by atoms with van der Waals surface area (Å²) in [5.41, 5.74) is 3.48. The van der Waals surface area contributed by atoms with Crippen LogP contribution in [0.1, 0.15) is 5.69 Å². The van der Waals surface area contributed by atoms with Crippen LogP contribution in [0.4, 0.5) is 10.5 Å². The number of carbonyl (C=O) groups excluding carboxylic acids is 3. The summed E-state index contributed by atoms with van der Waals surface area (Å²) in [6.45, 7) is -0.0662. The minimum Gasteiger partial charge on any atom is -0.324 e. The van der Waals surface area contributed by atoms with Gasteiger partial charge in [0.1, 0.15) is 0 Å². The van der Waals surface area contributed by atoms with Crippen LogP contribution in [0.15, 0.2) is 18.3 Å². The molecule has 1 aliphatic rings. The molecule has 1 fully saturated rings. The molecule has 94 valence electrons. The third-order valence-electron chi connectivity index (χ3n) is 2.55. The van der Waals surface area contributed by atoms with Crippen LogP contribution in [0.5, 0.6) is 0 Å². The van der Waals surface area contributed by atoms with Gasteiger partial charge >= 0.3 is 17.8 Å². The van der Waals surface area contributed by atoms with Crippen LogP contribution in [0, 0.1) is 0 Å². The number of rotatable bonds is 3. The minimum absolute atomic E-state index is 0.0662. The molecule has 1 aromatic rings. The molecule has 1 saturated heterocycles. The molecule has 0 aliphatic carbocycles. The van der Waals surface area contributed by atoms with E-state index in [1.807, 2.05) is 0 Å². The summed E-state index contributed by atoms with van der Waals surface area (Å²) < 4.78 is 0. The fraction of sp³-hybridized carbons (Fsp3) is 0.200. The first-order valence-corrected chi connectivity index (χ1v) is 5.09. The molecule has 0 unspecified atom stereocenters. The van der Waals surface area contributed by atoms with Gasteiger partial charge in [-0.3, -0.25) is 25.3 Å².